The third-order valence-corrected chi connectivity index (χ3v) is 5.77. The second kappa shape index (κ2) is 0.512. The zero-order valence-electron chi connectivity index (χ0n) is 3.29. The summed E-state index contributed by atoms with van der Waals surface area (Å²) in [6.07, 6.45) is 0. The Morgan fingerprint density at radius 1 is 2.00 bits per heavy atom. The SMILES string of the molecule is N=S12=N[N+]3=C(S1)C32. The van der Waals surface area contributed by atoms with Gasteiger partial charge in [-0.25, -0.2) is 4.78 Å². The number of hydrogen-bond acceptors (Lipinski definition) is 3. The van der Waals surface area contributed by atoms with E-state index in [2.05, 4.69) is 4.47 Å². The van der Waals surface area contributed by atoms with Crippen LogP contribution in [0.2, 0.25) is 0 Å². The molecule has 3 nitrogen and oxygen atoms in total. The van der Waals surface area contributed by atoms with Crippen molar-refractivity contribution in [1.29, 1.82) is 4.78 Å². The maximum absolute atomic E-state index is 7.40. The quantitative estimate of drug-likeness (QED) is 0.376. The zero-order valence-corrected chi connectivity index (χ0v) is 4.92. The Labute approximate surface area is 44.4 Å². The molecule has 7 heavy (non-hydrogen) atoms. The molecule has 0 aromatic heterocycles. The number of nitrogens with zero attached hydrogens (tertiary/aromatic N) is 2. The van der Waals surface area contributed by atoms with E-state index in [1.54, 1.807) is 10.8 Å². The van der Waals surface area contributed by atoms with E-state index >= 15 is 0 Å². The Morgan fingerprint density at radius 3 is 2.86 bits per heavy atom. The fraction of sp³-hybridized carbons (Fsp3) is 0.500. The summed E-state index contributed by atoms with van der Waals surface area (Å²) in [7, 11) is 0.498. The fourth-order valence-corrected chi connectivity index (χ4v) is 5.14. The first-order chi connectivity index (χ1) is 3.31. The lowest BCUT2D eigenvalue weighted by Crippen LogP contribution is -2.25. The highest BCUT2D eigenvalue weighted by molar-refractivity contribution is 8.84. The van der Waals surface area contributed by atoms with Crippen molar-refractivity contribution in [1.82, 2.24) is 0 Å². The molecule has 0 aromatic rings. The predicted molar refractivity (Wildman–Crippen MR) is 29.2 cm³/mol. The van der Waals surface area contributed by atoms with Gasteiger partial charge in [0.15, 0.2) is 0 Å². The molecule has 2 unspecified atom stereocenters. The maximum Gasteiger partial charge on any atom is 0.356 e. The summed E-state index contributed by atoms with van der Waals surface area (Å²) in [4.78, 5) is 0. The normalized spacial score (nSPS) is 59.1. The van der Waals surface area contributed by atoms with E-state index in [4.69, 9.17) is 4.78 Å². The first-order valence-corrected chi connectivity index (χ1v) is 4.95. The van der Waals surface area contributed by atoms with Gasteiger partial charge in [-0.3, -0.25) is 0 Å². The maximum atomic E-state index is 7.40. The third-order valence-electron chi connectivity index (χ3n) is 1.32. The van der Waals surface area contributed by atoms with Crippen LogP contribution in [0.25, 0.3) is 0 Å². The van der Waals surface area contributed by atoms with Gasteiger partial charge < -0.3 is 0 Å². The lowest BCUT2D eigenvalue weighted by atomic mass is 10.9. The van der Waals surface area contributed by atoms with Crippen LogP contribution in [0.15, 0.2) is 4.47 Å². The van der Waals surface area contributed by atoms with Gasteiger partial charge in [-0.15, -0.1) is 0 Å². The lowest BCUT2D eigenvalue weighted by molar-refractivity contribution is -0.467. The van der Waals surface area contributed by atoms with E-state index in [0.29, 0.717) is 5.37 Å². The van der Waals surface area contributed by atoms with Gasteiger partial charge >= 0.3 is 10.4 Å². The monoisotopic (exact) mass is 132 g/mol. The molecule has 0 saturated carbocycles. The van der Waals surface area contributed by atoms with Crippen LogP contribution >= 0.6 is 10.8 Å². The van der Waals surface area contributed by atoms with Crippen LogP contribution in [0, 0.1) is 4.78 Å². The highest BCUT2D eigenvalue weighted by Gasteiger charge is 2.78. The molecule has 3 rings (SSSR count). The van der Waals surface area contributed by atoms with E-state index in [1.165, 1.54) is 5.04 Å². The van der Waals surface area contributed by atoms with Gasteiger partial charge in [0.1, 0.15) is 8.65 Å². The Bertz CT molecular complexity index is 305. The van der Waals surface area contributed by atoms with Gasteiger partial charge in [-0.1, -0.05) is 0 Å². The summed E-state index contributed by atoms with van der Waals surface area (Å²) in [6, 6.07) is 0. The molecule has 1 saturated heterocycles. The van der Waals surface area contributed by atoms with Crippen LogP contribution in [0.4, 0.5) is 0 Å². The Morgan fingerprint density at radius 2 is 2.86 bits per heavy atom. The van der Waals surface area contributed by atoms with Gasteiger partial charge in [-0.05, 0) is 4.68 Å². The van der Waals surface area contributed by atoms with Crippen LogP contribution in [0.5, 0.6) is 0 Å². The summed E-state index contributed by atoms with van der Waals surface area (Å²) in [5, 5.41) is 1.89. The van der Waals surface area contributed by atoms with Crippen LogP contribution in [-0.4, -0.2) is 15.1 Å². The molecule has 0 amide bonds. The van der Waals surface area contributed by atoms with Crippen LogP contribution < -0.4 is 0 Å². The fourth-order valence-electron chi connectivity index (χ4n) is 0.869. The number of rotatable bonds is 0. The molecule has 2 atom stereocenters. The average molecular weight is 132 g/mol. The van der Waals surface area contributed by atoms with Gasteiger partial charge in [0.2, 0.25) is 0 Å². The van der Waals surface area contributed by atoms with Gasteiger partial charge in [-0.2, -0.15) is 0 Å². The van der Waals surface area contributed by atoms with Crippen molar-refractivity contribution in [2.45, 2.75) is 5.37 Å². The minimum Gasteiger partial charge on any atom is -0.249 e. The van der Waals surface area contributed by atoms with E-state index in [9.17, 15) is 0 Å². The van der Waals surface area contributed by atoms with E-state index in [1.807, 2.05) is 4.68 Å². The molecule has 0 radical (unpaired) electrons. The Hall–Kier alpha value is -0.0300. The van der Waals surface area contributed by atoms with E-state index < -0.39 is 8.65 Å². The number of nitrogens with one attached hydrogen (secondary N) is 1. The molecule has 0 aliphatic carbocycles. The highest BCUT2D eigenvalue weighted by Crippen LogP contribution is 2.56. The predicted octanol–water partition coefficient (Wildman–Crippen LogP) is 0.427. The van der Waals surface area contributed by atoms with Gasteiger partial charge in [0, 0.05) is 0 Å². The van der Waals surface area contributed by atoms with Crippen molar-refractivity contribution >= 4 is 24.5 Å². The Kier molecular flexibility index (Phi) is 0.226. The summed E-state index contributed by atoms with van der Waals surface area (Å²) in [5.74, 6) is 0. The average Bonchev–Trinajstić information content (AvgIpc) is 1.82. The first-order valence-electron chi connectivity index (χ1n) is 1.96. The first kappa shape index (κ1) is 3.09. The summed E-state index contributed by atoms with van der Waals surface area (Å²) < 4.78 is 13.4. The second-order valence-electron chi connectivity index (χ2n) is 1.77. The molecular formula is C2H2N3S2+. The smallest absolute Gasteiger partial charge is 0.249 e. The molecule has 3 aliphatic rings. The molecular weight excluding hydrogens is 130 g/mol. The largest absolute Gasteiger partial charge is 0.356 e. The summed E-state index contributed by atoms with van der Waals surface area (Å²) >= 11 is 0. The van der Waals surface area contributed by atoms with Crippen molar-refractivity contribution in [2.75, 3.05) is 0 Å². The van der Waals surface area contributed by atoms with Crippen molar-refractivity contribution in [2.24, 2.45) is 4.47 Å². The van der Waals surface area contributed by atoms with Crippen LogP contribution in [0.3, 0.4) is 0 Å². The van der Waals surface area contributed by atoms with Crippen molar-refractivity contribution in [3.63, 3.8) is 0 Å². The number of hydrogen-bond donors (Lipinski definition) is 1. The minimum atomic E-state index is -1.16. The molecule has 1 fully saturated rings. The molecule has 3 heterocycles. The highest BCUT2D eigenvalue weighted by atomic mass is 33.1. The van der Waals surface area contributed by atoms with Crippen molar-refractivity contribution in [3.05, 3.63) is 0 Å². The zero-order chi connectivity index (χ0) is 4.65. The molecule has 0 spiro atoms. The minimum absolute atomic E-state index is 0.539. The molecule has 3 aliphatic heterocycles. The second-order valence-corrected chi connectivity index (χ2v) is 6.13. The third kappa shape index (κ3) is 0.140. The molecule has 36 valence electrons. The van der Waals surface area contributed by atoms with Gasteiger partial charge in [0.25, 0.3) is 0 Å². The van der Waals surface area contributed by atoms with Crippen LogP contribution in [-0.2, 0) is 8.65 Å². The summed E-state index contributed by atoms with van der Waals surface area (Å²) in [5.41, 5.74) is 0. The molecule has 5 heteroatoms. The molecule has 0 aromatic carbocycles. The van der Waals surface area contributed by atoms with Crippen molar-refractivity contribution < 1.29 is 4.68 Å². The Balaban J connectivity index is 2.66. The van der Waals surface area contributed by atoms with Gasteiger partial charge in [0.05, 0.1) is 15.3 Å². The van der Waals surface area contributed by atoms with Crippen molar-refractivity contribution in [3.8, 4) is 0 Å². The van der Waals surface area contributed by atoms with E-state index in [0.717, 1.165) is 0 Å². The molecule has 1 N–H and O–H groups in total. The lowest BCUT2D eigenvalue weighted by Gasteiger charge is -2.07. The standard InChI is InChI=1S/C2H2N3S2/c3-7-2-1(6-7)5(2)4-7/h2-3H/q+1. The summed E-state index contributed by atoms with van der Waals surface area (Å²) in [6.45, 7) is 0. The molecule has 0 bridgehead atoms. The van der Waals surface area contributed by atoms with Crippen LogP contribution in [0.1, 0.15) is 0 Å². The van der Waals surface area contributed by atoms with E-state index in [-0.39, 0.29) is 0 Å². The topological polar surface area (TPSA) is 39.2 Å².